The van der Waals surface area contributed by atoms with E-state index in [1.165, 1.54) is 0 Å². The van der Waals surface area contributed by atoms with E-state index in [9.17, 15) is 4.79 Å². The summed E-state index contributed by atoms with van der Waals surface area (Å²) < 4.78 is 7.33. The van der Waals surface area contributed by atoms with Crippen LogP contribution in [-0.2, 0) is 0 Å². The van der Waals surface area contributed by atoms with Gasteiger partial charge in [-0.1, -0.05) is 11.2 Å². The lowest BCUT2D eigenvalue weighted by Crippen LogP contribution is -2.31. The Morgan fingerprint density at radius 1 is 1.24 bits per heavy atom. The number of aryl methyl sites for hydroxylation is 1. The smallest absolute Gasteiger partial charge is 0.275 e. The quantitative estimate of drug-likeness (QED) is 0.734. The Morgan fingerprint density at radius 2 is 2.12 bits per heavy atom. The highest BCUT2D eigenvalue weighted by Gasteiger charge is 2.37. The molecule has 0 bridgehead atoms. The number of likely N-dealkylation sites (tertiary alicyclic amines) is 1. The highest BCUT2D eigenvalue weighted by Crippen LogP contribution is 2.40. The minimum Gasteiger partial charge on any atom is -0.339 e. The number of amides is 1. The van der Waals surface area contributed by atoms with Gasteiger partial charge in [0.2, 0.25) is 5.89 Å². The van der Waals surface area contributed by atoms with Crippen molar-refractivity contribution in [3.05, 3.63) is 47.6 Å². The van der Waals surface area contributed by atoms with Gasteiger partial charge in [-0.05, 0) is 44.7 Å². The SMILES string of the molecule is Cc1nc(C(=O)N2CCC[C@@H]2c2noc(C3CC3)n2)c2ccccn12. The van der Waals surface area contributed by atoms with Crippen molar-refractivity contribution in [2.45, 2.75) is 44.6 Å². The number of rotatable bonds is 3. The number of hydrogen-bond donors (Lipinski definition) is 0. The molecule has 2 fully saturated rings. The first-order chi connectivity index (χ1) is 12.2. The number of fused-ring (bicyclic) bond motifs is 1. The molecular formula is C18H19N5O2. The number of aromatic nitrogens is 4. The summed E-state index contributed by atoms with van der Waals surface area (Å²) in [4.78, 5) is 24.1. The van der Waals surface area contributed by atoms with E-state index in [4.69, 9.17) is 4.52 Å². The minimum atomic E-state index is -0.121. The van der Waals surface area contributed by atoms with E-state index < -0.39 is 0 Å². The van der Waals surface area contributed by atoms with Crippen molar-refractivity contribution < 1.29 is 9.32 Å². The van der Waals surface area contributed by atoms with E-state index in [-0.39, 0.29) is 11.9 Å². The Labute approximate surface area is 144 Å². The molecular weight excluding hydrogens is 318 g/mol. The van der Waals surface area contributed by atoms with Crippen LogP contribution in [0.3, 0.4) is 0 Å². The number of hydrogen-bond acceptors (Lipinski definition) is 5. The highest BCUT2D eigenvalue weighted by molar-refractivity contribution is 5.99. The summed E-state index contributed by atoms with van der Waals surface area (Å²) in [6, 6.07) is 5.67. The van der Waals surface area contributed by atoms with Crippen molar-refractivity contribution in [1.82, 2.24) is 24.4 Å². The lowest BCUT2D eigenvalue weighted by atomic mass is 10.2. The van der Waals surface area contributed by atoms with Gasteiger partial charge < -0.3 is 13.8 Å². The topological polar surface area (TPSA) is 76.5 Å². The number of imidazole rings is 1. The van der Waals surface area contributed by atoms with E-state index in [0.717, 1.165) is 42.9 Å². The van der Waals surface area contributed by atoms with Crippen LogP contribution in [0.4, 0.5) is 0 Å². The molecule has 7 heteroatoms. The van der Waals surface area contributed by atoms with Gasteiger partial charge in [-0.2, -0.15) is 4.98 Å². The Hall–Kier alpha value is -2.70. The van der Waals surface area contributed by atoms with Crippen LogP contribution in [0.25, 0.3) is 5.52 Å². The molecule has 3 aromatic heterocycles. The molecule has 1 saturated heterocycles. The molecule has 0 aromatic carbocycles. The average Bonchev–Trinajstić information content (AvgIpc) is 3.07. The Balaban J connectivity index is 1.48. The maximum atomic E-state index is 13.2. The van der Waals surface area contributed by atoms with Crippen LogP contribution < -0.4 is 0 Å². The van der Waals surface area contributed by atoms with E-state index in [1.54, 1.807) is 0 Å². The molecule has 128 valence electrons. The molecule has 5 rings (SSSR count). The first-order valence-corrected chi connectivity index (χ1v) is 8.80. The zero-order valence-electron chi connectivity index (χ0n) is 14.1. The lowest BCUT2D eigenvalue weighted by Gasteiger charge is -2.21. The summed E-state index contributed by atoms with van der Waals surface area (Å²) in [6.45, 7) is 2.61. The van der Waals surface area contributed by atoms with E-state index in [0.29, 0.717) is 24.0 Å². The third kappa shape index (κ3) is 2.33. The van der Waals surface area contributed by atoms with Crippen molar-refractivity contribution in [3.8, 4) is 0 Å². The molecule has 0 radical (unpaired) electrons. The number of carbonyl (C=O) groups excluding carboxylic acids is 1. The molecule has 1 saturated carbocycles. The second kappa shape index (κ2) is 5.40. The Kier molecular flexibility index (Phi) is 3.16. The highest BCUT2D eigenvalue weighted by atomic mass is 16.5. The van der Waals surface area contributed by atoms with Crippen molar-refractivity contribution in [2.24, 2.45) is 0 Å². The fraction of sp³-hybridized carbons (Fsp3) is 0.444. The number of carbonyl (C=O) groups is 1. The Morgan fingerprint density at radius 3 is 2.96 bits per heavy atom. The van der Waals surface area contributed by atoms with E-state index in [1.807, 2.05) is 40.6 Å². The summed E-state index contributed by atoms with van der Waals surface area (Å²) in [6.07, 6.45) is 5.97. The molecule has 25 heavy (non-hydrogen) atoms. The number of nitrogens with zero attached hydrogens (tertiary/aromatic N) is 5. The van der Waals surface area contributed by atoms with Crippen molar-refractivity contribution in [1.29, 1.82) is 0 Å². The summed E-state index contributed by atoms with van der Waals surface area (Å²) in [7, 11) is 0. The van der Waals surface area contributed by atoms with Crippen LogP contribution in [0.2, 0.25) is 0 Å². The Bertz CT molecular complexity index is 955. The lowest BCUT2D eigenvalue weighted by molar-refractivity contribution is 0.0725. The van der Waals surface area contributed by atoms with Crippen LogP contribution >= 0.6 is 0 Å². The van der Waals surface area contributed by atoms with Crippen LogP contribution in [-0.4, -0.2) is 36.9 Å². The van der Waals surface area contributed by atoms with Crippen LogP contribution in [0, 0.1) is 6.92 Å². The molecule has 1 aliphatic heterocycles. The second-order valence-electron chi connectivity index (χ2n) is 6.89. The van der Waals surface area contributed by atoms with E-state index >= 15 is 0 Å². The zero-order valence-corrected chi connectivity index (χ0v) is 14.1. The molecule has 1 aliphatic carbocycles. The maximum Gasteiger partial charge on any atom is 0.275 e. The van der Waals surface area contributed by atoms with Crippen molar-refractivity contribution in [2.75, 3.05) is 6.54 Å². The summed E-state index contributed by atoms with van der Waals surface area (Å²) >= 11 is 0. The third-order valence-corrected chi connectivity index (χ3v) is 5.12. The average molecular weight is 337 g/mol. The summed E-state index contributed by atoms with van der Waals surface area (Å²) in [5, 5.41) is 4.15. The van der Waals surface area contributed by atoms with Gasteiger partial charge in [-0.25, -0.2) is 4.98 Å². The second-order valence-corrected chi connectivity index (χ2v) is 6.89. The summed E-state index contributed by atoms with van der Waals surface area (Å²) in [5.74, 6) is 2.53. The molecule has 7 nitrogen and oxygen atoms in total. The minimum absolute atomic E-state index is 0.0583. The molecule has 1 amide bonds. The normalized spacial score (nSPS) is 20.5. The molecule has 0 unspecified atom stereocenters. The van der Waals surface area contributed by atoms with Crippen molar-refractivity contribution >= 4 is 11.4 Å². The molecule has 0 N–H and O–H groups in total. The van der Waals surface area contributed by atoms with Gasteiger partial charge in [0.05, 0.1) is 11.6 Å². The largest absolute Gasteiger partial charge is 0.339 e. The maximum absolute atomic E-state index is 13.2. The number of pyridine rings is 1. The van der Waals surface area contributed by atoms with Gasteiger partial charge in [0.15, 0.2) is 11.5 Å². The van der Waals surface area contributed by atoms with E-state index in [2.05, 4.69) is 15.1 Å². The predicted octanol–water partition coefficient (Wildman–Crippen LogP) is 2.88. The van der Waals surface area contributed by atoms with Gasteiger partial charge >= 0.3 is 0 Å². The van der Waals surface area contributed by atoms with Crippen molar-refractivity contribution in [3.63, 3.8) is 0 Å². The molecule has 4 heterocycles. The van der Waals surface area contributed by atoms with Gasteiger partial charge in [-0.15, -0.1) is 0 Å². The molecule has 2 aliphatic rings. The van der Waals surface area contributed by atoms with Gasteiger partial charge in [-0.3, -0.25) is 4.79 Å². The molecule has 0 spiro atoms. The monoisotopic (exact) mass is 337 g/mol. The first-order valence-electron chi connectivity index (χ1n) is 8.80. The van der Waals surface area contributed by atoms with Crippen LogP contribution in [0.1, 0.15) is 65.7 Å². The standard InChI is InChI=1S/C18H19N5O2/c1-11-19-15(13-5-2-3-9-22(11)13)18(24)23-10-4-6-14(23)16-20-17(25-21-16)12-7-8-12/h2-3,5,9,12,14H,4,6-8,10H2,1H3/t14-/m1/s1. The summed E-state index contributed by atoms with van der Waals surface area (Å²) in [5.41, 5.74) is 1.33. The van der Waals surface area contributed by atoms with Gasteiger partial charge in [0.25, 0.3) is 5.91 Å². The predicted molar refractivity (Wildman–Crippen MR) is 89.2 cm³/mol. The molecule has 1 atom stereocenters. The molecule has 3 aromatic rings. The fourth-order valence-electron chi connectivity index (χ4n) is 3.64. The van der Waals surface area contributed by atoms with Crippen LogP contribution in [0.5, 0.6) is 0 Å². The zero-order chi connectivity index (χ0) is 17.0. The van der Waals surface area contributed by atoms with Gasteiger partial charge in [0.1, 0.15) is 5.82 Å². The van der Waals surface area contributed by atoms with Gasteiger partial charge in [0, 0.05) is 18.7 Å². The first kappa shape index (κ1) is 14.6. The fourth-order valence-corrected chi connectivity index (χ4v) is 3.64. The van der Waals surface area contributed by atoms with Crippen LogP contribution in [0.15, 0.2) is 28.9 Å². The third-order valence-electron chi connectivity index (χ3n) is 5.12.